The lowest BCUT2D eigenvalue weighted by atomic mass is 10.0. The third-order valence-electron chi connectivity index (χ3n) is 3.99. The highest BCUT2D eigenvalue weighted by molar-refractivity contribution is 5.89. The number of amides is 2. The van der Waals surface area contributed by atoms with E-state index in [0.29, 0.717) is 12.8 Å². The standard InChI is InChI=1S/C20H30N2O5/c1-4-5-11-16(18(23)21-17(19(24)25)12-14(2)3)22-20(26)27-13-15-9-7-6-8-10-15/h6-10,14,16-17H,4-5,11-13H2,1-3H3,(H,21,23)(H,22,26)(H,24,25)/t16-,17-/m1/s1. The molecule has 0 saturated carbocycles. The van der Waals surface area contributed by atoms with E-state index in [2.05, 4.69) is 10.6 Å². The predicted octanol–water partition coefficient (Wildman–Crippen LogP) is 3.09. The summed E-state index contributed by atoms with van der Waals surface area (Å²) in [5.74, 6) is -1.48. The molecule has 0 aromatic heterocycles. The van der Waals surface area contributed by atoms with Crippen molar-refractivity contribution in [1.29, 1.82) is 0 Å². The molecule has 0 spiro atoms. The Balaban J connectivity index is 2.65. The van der Waals surface area contributed by atoms with Gasteiger partial charge in [-0.1, -0.05) is 63.9 Å². The number of alkyl carbamates (subject to hydrolysis) is 1. The fourth-order valence-electron chi connectivity index (χ4n) is 2.55. The van der Waals surface area contributed by atoms with Crippen LogP contribution in [0.1, 0.15) is 52.0 Å². The largest absolute Gasteiger partial charge is 0.480 e. The number of carboxylic acids is 1. The topological polar surface area (TPSA) is 105 Å². The molecule has 0 bridgehead atoms. The number of nitrogens with one attached hydrogen (secondary N) is 2. The van der Waals surface area contributed by atoms with Crippen LogP contribution in [0.25, 0.3) is 0 Å². The van der Waals surface area contributed by atoms with Crippen molar-refractivity contribution >= 4 is 18.0 Å². The maximum Gasteiger partial charge on any atom is 0.408 e. The van der Waals surface area contributed by atoms with Crippen LogP contribution >= 0.6 is 0 Å². The summed E-state index contributed by atoms with van der Waals surface area (Å²) < 4.78 is 5.16. The summed E-state index contributed by atoms with van der Waals surface area (Å²) in [6, 6.07) is 7.40. The second-order valence-electron chi connectivity index (χ2n) is 6.93. The lowest BCUT2D eigenvalue weighted by molar-refractivity contribution is -0.142. The second kappa shape index (κ2) is 11.9. The minimum absolute atomic E-state index is 0.0971. The minimum atomic E-state index is -1.09. The molecule has 27 heavy (non-hydrogen) atoms. The molecule has 0 fully saturated rings. The van der Waals surface area contributed by atoms with Crippen LogP contribution in [-0.2, 0) is 20.9 Å². The van der Waals surface area contributed by atoms with E-state index in [1.807, 2.05) is 51.1 Å². The molecule has 1 aromatic rings. The molecular weight excluding hydrogens is 348 g/mol. The van der Waals surface area contributed by atoms with Crippen molar-refractivity contribution < 1.29 is 24.2 Å². The summed E-state index contributed by atoms with van der Waals surface area (Å²) in [6.07, 6.45) is 1.60. The van der Waals surface area contributed by atoms with E-state index < -0.39 is 30.1 Å². The van der Waals surface area contributed by atoms with E-state index in [0.717, 1.165) is 18.4 Å². The van der Waals surface area contributed by atoms with Gasteiger partial charge in [-0.3, -0.25) is 4.79 Å². The first kappa shape index (κ1) is 22.5. The van der Waals surface area contributed by atoms with Gasteiger partial charge >= 0.3 is 12.1 Å². The molecule has 7 heteroatoms. The Labute approximate surface area is 160 Å². The Morgan fingerprint density at radius 2 is 1.74 bits per heavy atom. The van der Waals surface area contributed by atoms with Gasteiger partial charge in [0.05, 0.1) is 0 Å². The zero-order valence-electron chi connectivity index (χ0n) is 16.2. The van der Waals surface area contributed by atoms with E-state index >= 15 is 0 Å². The van der Waals surface area contributed by atoms with Gasteiger partial charge in [-0.15, -0.1) is 0 Å². The fraction of sp³-hybridized carbons (Fsp3) is 0.550. The molecule has 2 atom stereocenters. The smallest absolute Gasteiger partial charge is 0.408 e. The Bertz CT molecular complexity index is 604. The van der Waals surface area contributed by atoms with Gasteiger partial charge in [0, 0.05) is 0 Å². The van der Waals surface area contributed by atoms with Crippen molar-refractivity contribution in [2.24, 2.45) is 5.92 Å². The van der Waals surface area contributed by atoms with Gasteiger partial charge in [0.15, 0.2) is 0 Å². The van der Waals surface area contributed by atoms with Crippen LogP contribution < -0.4 is 10.6 Å². The van der Waals surface area contributed by atoms with Gasteiger partial charge in [0.25, 0.3) is 0 Å². The highest BCUT2D eigenvalue weighted by Crippen LogP contribution is 2.08. The lowest BCUT2D eigenvalue weighted by Crippen LogP contribution is -2.52. The van der Waals surface area contributed by atoms with Crippen LogP contribution in [-0.4, -0.2) is 35.2 Å². The first-order valence-corrected chi connectivity index (χ1v) is 9.33. The number of benzene rings is 1. The van der Waals surface area contributed by atoms with E-state index in [1.54, 1.807) is 0 Å². The van der Waals surface area contributed by atoms with Gasteiger partial charge in [-0.2, -0.15) is 0 Å². The SMILES string of the molecule is CCCC[C@@H](NC(=O)OCc1ccccc1)C(=O)N[C@H](CC(C)C)C(=O)O. The Morgan fingerprint density at radius 1 is 1.07 bits per heavy atom. The predicted molar refractivity (Wildman–Crippen MR) is 102 cm³/mol. The molecule has 150 valence electrons. The molecule has 0 saturated heterocycles. The van der Waals surface area contributed by atoms with Gasteiger partial charge in [0.2, 0.25) is 5.91 Å². The Morgan fingerprint density at radius 3 is 2.30 bits per heavy atom. The van der Waals surface area contributed by atoms with Gasteiger partial charge in [0.1, 0.15) is 18.7 Å². The average molecular weight is 378 g/mol. The summed E-state index contributed by atoms with van der Waals surface area (Å²) >= 11 is 0. The van der Waals surface area contributed by atoms with Crippen LogP contribution in [0.3, 0.4) is 0 Å². The number of carbonyl (C=O) groups is 3. The quantitative estimate of drug-likeness (QED) is 0.549. The van der Waals surface area contributed by atoms with E-state index in [-0.39, 0.29) is 12.5 Å². The summed E-state index contributed by atoms with van der Waals surface area (Å²) in [7, 11) is 0. The summed E-state index contributed by atoms with van der Waals surface area (Å²) in [6.45, 7) is 5.84. The molecule has 0 unspecified atom stereocenters. The third-order valence-corrected chi connectivity index (χ3v) is 3.99. The molecule has 0 heterocycles. The van der Waals surface area contributed by atoms with Crippen LogP contribution in [0.2, 0.25) is 0 Å². The minimum Gasteiger partial charge on any atom is -0.480 e. The lowest BCUT2D eigenvalue weighted by Gasteiger charge is -2.22. The van der Waals surface area contributed by atoms with E-state index in [4.69, 9.17) is 4.74 Å². The number of hydrogen-bond donors (Lipinski definition) is 3. The number of carbonyl (C=O) groups excluding carboxylic acids is 2. The summed E-state index contributed by atoms with van der Waals surface area (Å²) in [5, 5.41) is 14.4. The van der Waals surface area contributed by atoms with Gasteiger partial charge < -0.3 is 20.5 Å². The zero-order chi connectivity index (χ0) is 20.2. The molecule has 1 aromatic carbocycles. The molecule has 2 amide bonds. The van der Waals surface area contributed by atoms with Crippen molar-refractivity contribution in [2.75, 3.05) is 0 Å². The van der Waals surface area contributed by atoms with Gasteiger partial charge in [-0.05, 0) is 24.3 Å². The first-order chi connectivity index (χ1) is 12.8. The normalized spacial score (nSPS) is 12.9. The molecule has 1 rings (SSSR count). The molecule has 0 aliphatic rings. The number of ether oxygens (including phenoxy) is 1. The molecule has 0 aliphatic heterocycles. The summed E-state index contributed by atoms with van der Waals surface area (Å²) in [5.41, 5.74) is 0.838. The molecule has 0 radical (unpaired) electrons. The fourth-order valence-corrected chi connectivity index (χ4v) is 2.55. The molecule has 7 nitrogen and oxygen atoms in total. The van der Waals surface area contributed by atoms with Crippen molar-refractivity contribution in [3.05, 3.63) is 35.9 Å². The summed E-state index contributed by atoms with van der Waals surface area (Å²) in [4.78, 5) is 35.9. The molecular formula is C20H30N2O5. The second-order valence-corrected chi connectivity index (χ2v) is 6.93. The number of carboxylic acid groups (broad SMARTS) is 1. The third kappa shape index (κ3) is 9.08. The monoisotopic (exact) mass is 378 g/mol. The Hall–Kier alpha value is -2.57. The van der Waals surface area contributed by atoms with Crippen molar-refractivity contribution in [3.8, 4) is 0 Å². The maximum atomic E-state index is 12.5. The molecule has 3 N–H and O–H groups in total. The number of aliphatic carboxylic acids is 1. The van der Waals surface area contributed by atoms with Crippen LogP contribution in [0, 0.1) is 5.92 Å². The van der Waals surface area contributed by atoms with Crippen molar-refractivity contribution in [3.63, 3.8) is 0 Å². The number of hydrogen-bond acceptors (Lipinski definition) is 4. The van der Waals surface area contributed by atoms with E-state index in [1.165, 1.54) is 0 Å². The highest BCUT2D eigenvalue weighted by Gasteiger charge is 2.27. The Kier molecular flexibility index (Phi) is 9.93. The van der Waals surface area contributed by atoms with Crippen LogP contribution in [0.4, 0.5) is 4.79 Å². The first-order valence-electron chi connectivity index (χ1n) is 9.33. The number of unbranched alkanes of at least 4 members (excludes halogenated alkanes) is 1. The average Bonchev–Trinajstić information content (AvgIpc) is 2.63. The maximum absolute atomic E-state index is 12.5. The highest BCUT2D eigenvalue weighted by atomic mass is 16.5. The van der Waals surface area contributed by atoms with Crippen LogP contribution in [0.15, 0.2) is 30.3 Å². The molecule has 0 aliphatic carbocycles. The van der Waals surface area contributed by atoms with Crippen molar-refractivity contribution in [2.45, 2.75) is 65.1 Å². The van der Waals surface area contributed by atoms with Crippen molar-refractivity contribution in [1.82, 2.24) is 10.6 Å². The zero-order valence-corrected chi connectivity index (χ0v) is 16.2. The van der Waals surface area contributed by atoms with Gasteiger partial charge in [-0.25, -0.2) is 9.59 Å². The number of rotatable bonds is 11. The van der Waals surface area contributed by atoms with Crippen LogP contribution in [0.5, 0.6) is 0 Å². The van der Waals surface area contributed by atoms with E-state index in [9.17, 15) is 19.5 Å².